The third kappa shape index (κ3) is 5.02. The molecule has 1 aliphatic rings. The van der Waals surface area contributed by atoms with Crippen LogP contribution in [0.3, 0.4) is 0 Å². The van der Waals surface area contributed by atoms with E-state index >= 15 is 0 Å². The number of sulfonamides is 1. The van der Waals surface area contributed by atoms with Crippen LogP contribution in [0.2, 0.25) is 0 Å². The highest BCUT2D eigenvalue weighted by Crippen LogP contribution is 2.19. The molecule has 0 heterocycles. The fraction of sp³-hybridized carbons (Fsp3) is 0.909. The molecule has 0 aliphatic heterocycles. The maximum absolute atomic E-state index is 11.4. The largest absolute Gasteiger partial charge is 0.377 e. The van der Waals surface area contributed by atoms with E-state index in [2.05, 4.69) is 4.72 Å². The first-order chi connectivity index (χ1) is 8.06. The molecule has 6 heteroatoms. The van der Waals surface area contributed by atoms with Crippen molar-refractivity contribution in [3.8, 4) is 6.07 Å². The SMILES string of the molecule is CC(C#N)S(=O)(=O)NCCOC1CCCCC1. The third-order valence-corrected chi connectivity index (χ3v) is 4.60. The van der Waals surface area contributed by atoms with Gasteiger partial charge in [-0.05, 0) is 19.8 Å². The lowest BCUT2D eigenvalue weighted by atomic mass is 9.98. The van der Waals surface area contributed by atoms with Crippen molar-refractivity contribution in [2.75, 3.05) is 13.2 Å². The molecule has 98 valence electrons. The molecule has 0 bridgehead atoms. The normalized spacial score (nSPS) is 19.8. The van der Waals surface area contributed by atoms with Gasteiger partial charge in [0.2, 0.25) is 10.0 Å². The number of ether oxygens (including phenoxy) is 1. The number of hydrogen-bond acceptors (Lipinski definition) is 4. The summed E-state index contributed by atoms with van der Waals surface area (Å²) in [5, 5.41) is 7.51. The summed E-state index contributed by atoms with van der Waals surface area (Å²) in [6, 6.07) is 1.70. The van der Waals surface area contributed by atoms with E-state index in [1.54, 1.807) is 6.07 Å². The molecule has 1 rings (SSSR count). The summed E-state index contributed by atoms with van der Waals surface area (Å²) >= 11 is 0. The van der Waals surface area contributed by atoms with Crippen LogP contribution in [0.15, 0.2) is 0 Å². The van der Waals surface area contributed by atoms with Gasteiger partial charge in [0, 0.05) is 6.54 Å². The molecule has 1 aliphatic carbocycles. The number of nitrogens with zero attached hydrogens (tertiary/aromatic N) is 1. The van der Waals surface area contributed by atoms with Crippen LogP contribution in [0.25, 0.3) is 0 Å². The van der Waals surface area contributed by atoms with Crippen LogP contribution in [0, 0.1) is 11.3 Å². The Morgan fingerprint density at radius 3 is 2.65 bits per heavy atom. The first-order valence-corrected chi connectivity index (χ1v) is 7.60. The molecule has 1 unspecified atom stereocenters. The number of rotatable bonds is 6. The topological polar surface area (TPSA) is 79.2 Å². The second-order valence-corrected chi connectivity index (χ2v) is 6.43. The standard InChI is InChI=1S/C11H20N2O3S/c1-10(9-12)17(14,15)13-7-8-16-11-5-3-2-4-6-11/h10-11,13H,2-8H2,1H3. The minimum absolute atomic E-state index is 0.241. The van der Waals surface area contributed by atoms with Crippen LogP contribution in [-0.4, -0.2) is 32.9 Å². The Morgan fingerprint density at radius 1 is 1.41 bits per heavy atom. The minimum Gasteiger partial charge on any atom is -0.377 e. The summed E-state index contributed by atoms with van der Waals surface area (Å²) in [4.78, 5) is 0. The fourth-order valence-electron chi connectivity index (χ4n) is 1.84. The first-order valence-electron chi connectivity index (χ1n) is 6.06. The van der Waals surface area contributed by atoms with E-state index in [9.17, 15) is 8.42 Å². The van der Waals surface area contributed by atoms with E-state index in [1.807, 2.05) is 0 Å². The van der Waals surface area contributed by atoms with Gasteiger partial charge >= 0.3 is 0 Å². The van der Waals surface area contributed by atoms with E-state index in [-0.39, 0.29) is 12.6 Å². The van der Waals surface area contributed by atoms with Crippen LogP contribution in [0.4, 0.5) is 0 Å². The summed E-state index contributed by atoms with van der Waals surface area (Å²) < 4.78 is 30.8. The number of nitrogens with one attached hydrogen (secondary N) is 1. The predicted octanol–water partition coefficient (Wildman–Crippen LogP) is 1.17. The third-order valence-electron chi connectivity index (χ3n) is 2.96. The van der Waals surface area contributed by atoms with Crippen LogP contribution < -0.4 is 4.72 Å². The maximum atomic E-state index is 11.4. The zero-order valence-electron chi connectivity index (χ0n) is 10.2. The molecule has 0 aromatic rings. The van der Waals surface area contributed by atoms with Gasteiger partial charge in [-0.1, -0.05) is 19.3 Å². The molecule has 0 radical (unpaired) electrons. The van der Waals surface area contributed by atoms with Gasteiger partial charge in [0.05, 0.1) is 18.8 Å². The molecular weight excluding hydrogens is 240 g/mol. The van der Waals surface area contributed by atoms with Gasteiger partial charge in [-0.3, -0.25) is 0 Å². The monoisotopic (exact) mass is 260 g/mol. The average molecular weight is 260 g/mol. The smallest absolute Gasteiger partial charge is 0.227 e. The van der Waals surface area contributed by atoms with Crippen molar-refractivity contribution in [2.45, 2.75) is 50.4 Å². The summed E-state index contributed by atoms with van der Waals surface area (Å²) in [5.74, 6) is 0. The fourth-order valence-corrected chi connectivity index (χ4v) is 2.59. The van der Waals surface area contributed by atoms with Crippen LogP contribution in [0.5, 0.6) is 0 Å². The lowest BCUT2D eigenvalue weighted by Gasteiger charge is -2.22. The Balaban J connectivity index is 2.17. The van der Waals surface area contributed by atoms with Crippen molar-refractivity contribution in [3.05, 3.63) is 0 Å². The average Bonchev–Trinajstić information content (AvgIpc) is 2.35. The highest BCUT2D eigenvalue weighted by Gasteiger charge is 2.19. The van der Waals surface area contributed by atoms with Crippen LogP contribution in [0.1, 0.15) is 39.0 Å². The Labute approximate surface area is 103 Å². The first kappa shape index (κ1) is 14.4. The van der Waals surface area contributed by atoms with Crippen molar-refractivity contribution in [1.82, 2.24) is 4.72 Å². The van der Waals surface area contributed by atoms with E-state index in [4.69, 9.17) is 10.00 Å². The van der Waals surface area contributed by atoms with E-state index < -0.39 is 15.3 Å². The molecule has 0 saturated heterocycles. The molecule has 1 fully saturated rings. The van der Waals surface area contributed by atoms with Crippen molar-refractivity contribution in [3.63, 3.8) is 0 Å². The summed E-state index contributed by atoms with van der Waals surface area (Å²) in [6.45, 7) is 1.98. The zero-order valence-corrected chi connectivity index (χ0v) is 11.0. The Kier molecular flexibility index (Phi) is 5.89. The second-order valence-electron chi connectivity index (χ2n) is 4.34. The molecule has 0 spiro atoms. The molecule has 0 amide bonds. The summed E-state index contributed by atoms with van der Waals surface area (Å²) in [7, 11) is -3.50. The highest BCUT2D eigenvalue weighted by atomic mass is 32.2. The predicted molar refractivity (Wildman–Crippen MR) is 64.8 cm³/mol. The lowest BCUT2D eigenvalue weighted by molar-refractivity contribution is 0.0321. The lowest BCUT2D eigenvalue weighted by Crippen LogP contribution is -2.34. The highest BCUT2D eigenvalue weighted by molar-refractivity contribution is 7.90. The van der Waals surface area contributed by atoms with Crippen LogP contribution in [-0.2, 0) is 14.8 Å². The zero-order chi connectivity index (χ0) is 12.7. The van der Waals surface area contributed by atoms with Gasteiger partial charge in [-0.2, -0.15) is 5.26 Å². The van der Waals surface area contributed by atoms with E-state index in [0.717, 1.165) is 12.8 Å². The molecule has 1 saturated carbocycles. The van der Waals surface area contributed by atoms with Gasteiger partial charge in [-0.15, -0.1) is 0 Å². The molecule has 1 atom stereocenters. The molecule has 0 aromatic heterocycles. The van der Waals surface area contributed by atoms with Gasteiger partial charge in [-0.25, -0.2) is 13.1 Å². The Hall–Kier alpha value is -0.640. The van der Waals surface area contributed by atoms with E-state index in [0.29, 0.717) is 6.61 Å². The Bertz CT molecular complexity index is 355. The molecule has 1 N–H and O–H groups in total. The summed E-state index contributed by atoms with van der Waals surface area (Å²) in [5.41, 5.74) is 0. The second kappa shape index (κ2) is 6.94. The molecular formula is C11H20N2O3S. The number of hydrogen-bond donors (Lipinski definition) is 1. The van der Waals surface area contributed by atoms with Crippen LogP contribution >= 0.6 is 0 Å². The summed E-state index contributed by atoms with van der Waals surface area (Å²) in [6.07, 6.45) is 6.08. The Morgan fingerprint density at radius 2 is 2.06 bits per heavy atom. The van der Waals surface area contributed by atoms with E-state index in [1.165, 1.54) is 26.2 Å². The number of nitriles is 1. The van der Waals surface area contributed by atoms with Crippen molar-refractivity contribution >= 4 is 10.0 Å². The quantitative estimate of drug-likeness (QED) is 0.727. The van der Waals surface area contributed by atoms with Gasteiger partial charge in [0.25, 0.3) is 0 Å². The molecule has 5 nitrogen and oxygen atoms in total. The van der Waals surface area contributed by atoms with Gasteiger partial charge in [0.1, 0.15) is 0 Å². The minimum atomic E-state index is -3.50. The molecule has 0 aromatic carbocycles. The van der Waals surface area contributed by atoms with Gasteiger partial charge in [0.15, 0.2) is 5.25 Å². The van der Waals surface area contributed by atoms with Gasteiger partial charge < -0.3 is 4.74 Å². The van der Waals surface area contributed by atoms with Crippen molar-refractivity contribution < 1.29 is 13.2 Å². The molecule has 17 heavy (non-hydrogen) atoms. The maximum Gasteiger partial charge on any atom is 0.227 e. The van der Waals surface area contributed by atoms with Crippen molar-refractivity contribution in [1.29, 1.82) is 5.26 Å². The van der Waals surface area contributed by atoms with Crippen molar-refractivity contribution in [2.24, 2.45) is 0 Å².